The second-order valence-corrected chi connectivity index (χ2v) is 4.74. The summed E-state index contributed by atoms with van der Waals surface area (Å²) in [5, 5.41) is 17.0. The normalized spacial score (nSPS) is 10.2. The van der Waals surface area contributed by atoms with Crippen molar-refractivity contribution in [3.8, 4) is 0 Å². The van der Waals surface area contributed by atoms with Gasteiger partial charge in [-0.15, -0.1) is 11.3 Å². The van der Waals surface area contributed by atoms with Crippen molar-refractivity contribution in [3.63, 3.8) is 0 Å². The molecule has 0 saturated carbocycles. The Labute approximate surface area is 104 Å². The van der Waals surface area contributed by atoms with E-state index in [0.717, 1.165) is 11.3 Å². The number of hydrogen-bond donors (Lipinski definition) is 3. The Balaban J connectivity index is 2.10. The van der Waals surface area contributed by atoms with Crippen LogP contribution >= 0.6 is 22.9 Å². The first-order valence-electron chi connectivity index (χ1n) is 4.41. The molecule has 0 aliphatic rings. The molecule has 0 spiro atoms. The number of halogens is 1. The molecule has 2 heterocycles. The van der Waals surface area contributed by atoms with Crippen LogP contribution in [-0.2, 0) is 0 Å². The Bertz CT molecular complexity index is 578. The SMILES string of the molecule is O=C(O)c1cc(NC(=O)c2ccc(Cl)s2)n[nH]1. The predicted octanol–water partition coefficient (Wildman–Crippen LogP) is 2.08. The Morgan fingerprint density at radius 1 is 1.47 bits per heavy atom. The van der Waals surface area contributed by atoms with Gasteiger partial charge < -0.3 is 10.4 Å². The van der Waals surface area contributed by atoms with Crippen LogP contribution in [0.3, 0.4) is 0 Å². The zero-order valence-electron chi connectivity index (χ0n) is 8.23. The van der Waals surface area contributed by atoms with E-state index < -0.39 is 5.97 Å². The van der Waals surface area contributed by atoms with Crippen molar-refractivity contribution in [2.75, 3.05) is 5.32 Å². The summed E-state index contributed by atoms with van der Waals surface area (Å²) in [5.41, 5.74) is -0.0930. The van der Waals surface area contributed by atoms with Crippen molar-refractivity contribution >= 4 is 40.6 Å². The van der Waals surface area contributed by atoms with Crippen molar-refractivity contribution in [1.82, 2.24) is 10.2 Å². The van der Waals surface area contributed by atoms with Crippen LogP contribution in [0.1, 0.15) is 20.2 Å². The number of carboxylic acid groups (broad SMARTS) is 1. The number of carbonyl (C=O) groups excluding carboxylic acids is 1. The monoisotopic (exact) mass is 271 g/mol. The van der Waals surface area contributed by atoms with Gasteiger partial charge in [0.1, 0.15) is 5.69 Å². The van der Waals surface area contributed by atoms with Gasteiger partial charge in [-0.1, -0.05) is 11.6 Å². The molecule has 2 rings (SSSR count). The average molecular weight is 272 g/mol. The van der Waals surface area contributed by atoms with Gasteiger partial charge >= 0.3 is 5.97 Å². The van der Waals surface area contributed by atoms with Crippen LogP contribution in [0.25, 0.3) is 0 Å². The quantitative estimate of drug-likeness (QED) is 0.796. The molecule has 0 aliphatic carbocycles. The number of carboxylic acids is 1. The second kappa shape index (κ2) is 4.56. The number of anilines is 1. The Morgan fingerprint density at radius 3 is 2.76 bits per heavy atom. The zero-order chi connectivity index (χ0) is 12.4. The van der Waals surface area contributed by atoms with Crippen LogP contribution in [0.4, 0.5) is 5.82 Å². The van der Waals surface area contributed by atoms with Crippen LogP contribution in [-0.4, -0.2) is 27.2 Å². The molecule has 0 radical (unpaired) electrons. The predicted molar refractivity (Wildman–Crippen MR) is 62.8 cm³/mol. The fourth-order valence-electron chi connectivity index (χ4n) is 1.11. The Morgan fingerprint density at radius 2 is 2.24 bits per heavy atom. The van der Waals surface area contributed by atoms with Crippen molar-refractivity contribution in [3.05, 3.63) is 33.1 Å². The molecule has 8 heteroatoms. The lowest BCUT2D eigenvalue weighted by Gasteiger charge is -1.96. The van der Waals surface area contributed by atoms with E-state index in [4.69, 9.17) is 16.7 Å². The van der Waals surface area contributed by atoms with Gasteiger partial charge in [-0.3, -0.25) is 9.89 Å². The summed E-state index contributed by atoms with van der Waals surface area (Å²) in [6, 6.07) is 4.41. The number of thiophene rings is 1. The minimum Gasteiger partial charge on any atom is -0.477 e. The van der Waals surface area contributed by atoms with Crippen molar-refractivity contribution in [2.24, 2.45) is 0 Å². The van der Waals surface area contributed by atoms with E-state index in [0.29, 0.717) is 9.21 Å². The minimum atomic E-state index is -1.14. The second-order valence-electron chi connectivity index (χ2n) is 3.03. The highest BCUT2D eigenvalue weighted by atomic mass is 35.5. The molecule has 1 amide bonds. The van der Waals surface area contributed by atoms with Crippen LogP contribution in [0.15, 0.2) is 18.2 Å². The van der Waals surface area contributed by atoms with E-state index in [1.807, 2.05) is 0 Å². The van der Waals surface area contributed by atoms with E-state index in [1.54, 1.807) is 12.1 Å². The fraction of sp³-hybridized carbons (Fsp3) is 0. The van der Waals surface area contributed by atoms with Crippen LogP contribution in [0.5, 0.6) is 0 Å². The highest BCUT2D eigenvalue weighted by Gasteiger charge is 2.12. The van der Waals surface area contributed by atoms with Crippen LogP contribution in [0.2, 0.25) is 4.34 Å². The molecule has 3 N–H and O–H groups in total. The van der Waals surface area contributed by atoms with Crippen molar-refractivity contribution in [2.45, 2.75) is 0 Å². The number of aromatic amines is 1. The van der Waals surface area contributed by atoms with Gasteiger partial charge in [-0.05, 0) is 12.1 Å². The van der Waals surface area contributed by atoms with Crippen LogP contribution < -0.4 is 5.32 Å². The van der Waals surface area contributed by atoms with E-state index >= 15 is 0 Å². The molecule has 0 saturated heterocycles. The summed E-state index contributed by atoms with van der Waals surface area (Å²) in [6.07, 6.45) is 0. The van der Waals surface area contributed by atoms with Gasteiger partial charge in [0.05, 0.1) is 9.21 Å². The lowest BCUT2D eigenvalue weighted by molar-refractivity contribution is 0.0690. The molecular formula is C9H6ClN3O3S. The third-order valence-electron chi connectivity index (χ3n) is 1.85. The van der Waals surface area contributed by atoms with Gasteiger partial charge in [0, 0.05) is 6.07 Å². The number of nitrogens with one attached hydrogen (secondary N) is 2. The topological polar surface area (TPSA) is 95.1 Å². The maximum atomic E-state index is 11.6. The van der Waals surface area contributed by atoms with Gasteiger partial charge in [0.2, 0.25) is 0 Å². The molecule has 0 fully saturated rings. The molecule has 0 unspecified atom stereocenters. The summed E-state index contributed by atoms with van der Waals surface area (Å²) < 4.78 is 0.503. The standard InChI is InChI=1S/C9H6ClN3O3S/c10-6-2-1-5(17-6)8(14)11-7-3-4(9(15)16)12-13-7/h1-3H,(H,15,16)(H2,11,12,13,14). The molecule has 0 aliphatic heterocycles. The highest BCUT2D eigenvalue weighted by molar-refractivity contribution is 7.18. The van der Waals surface area contributed by atoms with E-state index in [2.05, 4.69) is 15.5 Å². The number of rotatable bonds is 3. The number of H-pyrrole nitrogens is 1. The summed E-state index contributed by atoms with van der Waals surface area (Å²) in [4.78, 5) is 22.6. The minimum absolute atomic E-state index is 0.0930. The maximum Gasteiger partial charge on any atom is 0.353 e. The molecule has 17 heavy (non-hydrogen) atoms. The third kappa shape index (κ3) is 2.63. The van der Waals surface area contributed by atoms with E-state index in [1.165, 1.54) is 6.07 Å². The Kier molecular flexibility index (Phi) is 3.12. The lowest BCUT2D eigenvalue weighted by atomic mass is 10.4. The van der Waals surface area contributed by atoms with Gasteiger partial charge in [0.25, 0.3) is 5.91 Å². The maximum absolute atomic E-state index is 11.6. The zero-order valence-corrected chi connectivity index (χ0v) is 9.80. The molecule has 88 valence electrons. The molecule has 2 aromatic heterocycles. The van der Waals surface area contributed by atoms with Gasteiger partial charge in [0.15, 0.2) is 5.82 Å². The smallest absolute Gasteiger partial charge is 0.353 e. The number of hydrogen-bond acceptors (Lipinski definition) is 4. The largest absolute Gasteiger partial charge is 0.477 e. The first kappa shape index (κ1) is 11.6. The summed E-state index contributed by atoms with van der Waals surface area (Å²) in [7, 11) is 0. The van der Waals surface area contributed by atoms with E-state index in [9.17, 15) is 9.59 Å². The number of aromatic nitrogens is 2. The molecule has 2 aromatic rings. The van der Waals surface area contributed by atoms with Gasteiger partial charge in [-0.25, -0.2) is 4.79 Å². The highest BCUT2D eigenvalue weighted by Crippen LogP contribution is 2.22. The Hall–Kier alpha value is -1.86. The summed E-state index contributed by atoms with van der Waals surface area (Å²) in [5.74, 6) is -1.38. The van der Waals surface area contributed by atoms with Gasteiger partial charge in [-0.2, -0.15) is 5.10 Å². The third-order valence-corrected chi connectivity index (χ3v) is 3.08. The average Bonchev–Trinajstić information content (AvgIpc) is 2.86. The lowest BCUT2D eigenvalue weighted by Crippen LogP contribution is -2.10. The number of amides is 1. The summed E-state index contributed by atoms with van der Waals surface area (Å²) in [6.45, 7) is 0. The number of carbonyl (C=O) groups is 2. The summed E-state index contributed by atoms with van der Waals surface area (Å²) >= 11 is 6.82. The number of nitrogens with zero attached hydrogens (tertiary/aromatic N) is 1. The molecule has 0 atom stereocenters. The molecule has 0 aromatic carbocycles. The first-order valence-corrected chi connectivity index (χ1v) is 5.61. The molecule has 6 nitrogen and oxygen atoms in total. The van der Waals surface area contributed by atoms with E-state index in [-0.39, 0.29) is 17.4 Å². The van der Waals surface area contributed by atoms with Crippen LogP contribution in [0, 0.1) is 0 Å². The number of aromatic carboxylic acids is 1. The molecular weight excluding hydrogens is 266 g/mol. The fourth-order valence-corrected chi connectivity index (χ4v) is 2.05. The molecule has 0 bridgehead atoms. The van der Waals surface area contributed by atoms with Crippen molar-refractivity contribution in [1.29, 1.82) is 0 Å². The van der Waals surface area contributed by atoms with Crippen molar-refractivity contribution < 1.29 is 14.7 Å². The first-order chi connectivity index (χ1) is 8.06.